The molecule has 0 unspecified atom stereocenters. The normalized spacial score (nSPS) is 15.4. The fourth-order valence-electron chi connectivity index (χ4n) is 1.82. The number of nitrogens with zero attached hydrogens (tertiary/aromatic N) is 2. The van der Waals surface area contributed by atoms with Crippen molar-refractivity contribution < 1.29 is 0 Å². The van der Waals surface area contributed by atoms with Crippen molar-refractivity contribution >= 4 is 16.5 Å². The molecule has 1 aliphatic rings. The van der Waals surface area contributed by atoms with Gasteiger partial charge in [-0.25, -0.2) is 4.98 Å². The lowest BCUT2D eigenvalue weighted by atomic mass is 10.4. The van der Waals surface area contributed by atoms with Crippen LogP contribution < -0.4 is 10.2 Å². The Labute approximate surface area is 102 Å². The van der Waals surface area contributed by atoms with Crippen LogP contribution >= 0.6 is 11.3 Å². The van der Waals surface area contributed by atoms with E-state index in [1.807, 2.05) is 17.5 Å². The van der Waals surface area contributed by atoms with Gasteiger partial charge in [0.05, 0.1) is 0 Å². The maximum atomic E-state index is 4.55. The lowest BCUT2D eigenvalue weighted by Crippen LogP contribution is -2.26. The van der Waals surface area contributed by atoms with E-state index in [1.165, 1.54) is 29.3 Å². The first-order chi connectivity index (χ1) is 7.85. The molecule has 1 aromatic rings. The number of nitrogens with one attached hydrogen (secondary N) is 1. The topological polar surface area (TPSA) is 28.2 Å². The van der Waals surface area contributed by atoms with Gasteiger partial charge in [0.25, 0.3) is 0 Å². The van der Waals surface area contributed by atoms with Gasteiger partial charge in [0, 0.05) is 30.2 Å². The van der Waals surface area contributed by atoms with Crippen molar-refractivity contribution in [1.82, 2.24) is 10.3 Å². The van der Waals surface area contributed by atoms with Crippen LogP contribution in [0.25, 0.3) is 0 Å². The Morgan fingerprint density at radius 1 is 1.50 bits per heavy atom. The summed E-state index contributed by atoms with van der Waals surface area (Å²) in [6, 6.07) is 0.776. The number of thiazole rings is 1. The van der Waals surface area contributed by atoms with Gasteiger partial charge in [0.1, 0.15) is 0 Å². The molecule has 0 radical (unpaired) electrons. The highest BCUT2D eigenvalue weighted by molar-refractivity contribution is 7.15. The smallest absolute Gasteiger partial charge is 0.185 e. The second-order valence-corrected chi connectivity index (χ2v) is 5.41. The minimum Gasteiger partial charge on any atom is -0.345 e. The average molecular weight is 239 g/mol. The summed E-state index contributed by atoms with van der Waals surface area (Å²) in [5.74, 6) is 0. The molecular formula is C12H21N3S. The van der Waals surface area contributed by atoms with E-state index >= 15 is 0 Å². The van der Waals surface area contributed by atoms with Crippen LogP contribution in [0.1, 0.15) is 38.0 Å². The van der Waals surface area contributed by atoms with Crippen LogP contribution in [-0.4, -0.2) is 24.1 Å². The molecule has 0 amide bonds. The largest absolute Gasteiger partial charge is 0.345 e. The first-order valence-electron chi connectivity index (χ1n) is 6.27. The molecule has 0 atom stereocenters. The Morgan fingerprint density at radius 3 is 2.94 bits per heavy atom. The summed E-state index contributed by atoms with van der Waals surface area (Å²) in [4.78, 5) is 8.39. The van der Waals surface area contributed by atoms with Gasteiger partial charge in [-0.05, 0) is 25.8 Å². The molecule has 16 heavy (non-hydrogen) atoms. The molecule has 1 saturated carbocycles. The molecule has 3 nitrogen and oxygen atoms in total. The third-order valence-electron chi connectivity index (χ3n) is 2.79. The molecule has 2 rings (SSSR count). The Bertz CT molecular complexity index is 320. The summed E-state index contributed by atoms with van der Waals surface area (Å²) >= 11 is 1.84. The number of hydrogen-bond acceptors (Lipinski definition) is 4. The second-order valence-electron chi connectivity index (χ2n) is 4.31. The van der Waals surface area contributed by atoms with Crippen LogP contribution in [0.4, 0.5) is 5.13 Å². The summed E-state index contributed by atoms with van der Waals surface area (Å²) in [5.41, 5.74) is 0. The third-order valence-corrected chi connectivity index (χ3v) is 3.82. The first-order valence-corrected chi connectivity index (χ1v) is 7.08. The molecule has 0 saturated heterocycles. The van der Waals surface area contributed by atoms with Crippen molar-refractivity contribution in [2.24, 2.45) is 0 Å². The summed E-state index contributed by atoms with van der Waals surface area (Å²) in [6.07, 6.45) is 5.93. The maximum absolute atomic E-state index is 4.55. The van der Waals surface area contributed by atoms with Crippen molar-refractivity contribution in [2.75, 3.05) is 18.0 Å². The molecule has 0 aromatic carbocycles. The highest BCUT2D eigenvalue weighted by Crippen LogP contribution is 2.34. The van der Waals surface area contributed by atoms with Crippen molar-refractivity contribution in [2.45, 2.75) is 45.7 Å². The lowest BCUT2D eigenvalue weighted by Gasteiger charge is -2.20. The molecule has 1 aliphatic carbocycles. The van der Waals surface area contributed by atoms with E-state index in [9.17, 15) is 0 Å². The highest BCUT2D eigenvalue weighted by atomic mass is 32.1. The van der Waals surface area contributed by atoms with Crippen LogP contribution in [0.5, 0.6) is 0 Å². The van der Waals surface area contributed by atoms with Crippen LogP contribution in [0.3, 0.4) is 0 Å². The van der Waals surface area contributed by atoms with Crippen LogP contribution in [0.2, 0.25) is 0 Å². The number of rotatable bonds is 7. The number of aromatic nitrogens is 1. The third kappa shape index (κ3) is 2.95. The molecule has 1 N–H and O–H groups in total. The van der Waals surface area contributed by atoms with Gasteiger partial charge < -0.3 is 10.2 Å². The summed E-state index contributed by atoms with van der Waals surface area (Å²) in [7, 11) is 0. The zero-order valence-corrected chi connectivity index (χ0v) is 11.0. The predicted octanol–water partition coefficient (Wildman–Crippen LogP) is 2.63. The minimum absolute atomic E-state index is 0.776. The van der Waals surface area contributed by atoms with E-state index in [0.29, 0.717) is 0 Å². The number of hydrogen-bond donors (Lipinski definition) is 1. The minimum atomic E-state index is 0.776. The molecule has 90 valence electrons. The fourth-order valence-corrected chi connectivity index (χ4v) is 2.80. The van der Waals surface area contributed by atoms with Gasteiger partial charge in [-0.3, -0.25) is 0 Å². The van der Waals surface area contributed by atoms with Gasteiger partial charge >= 0.3 is 0 Å². The maximum Gasteiger partial charge on any atom is 0.185 e. The summed E-state index contributed by atoms with van der Waals surface area (Å²) in [6.45, 7) is 7.50. The van der Waals surface area contributed by atoms with E-state index in [-0.39, 0.29) is 0 Å². The van der Waals surface area contributed by atoms with E-state index in [0.717, 1.165) is 25.7 Å². The molecule has 1 fully saturated rings. The van der Waals surface area contributed by atoms with Crippen molar-refractivity contribution in [3.8, 4) is 0 Å². The summed E-state index contributed by atoms with van der Waals surface area (Å²) in [5, 5.41) is 4.57. The molecule has 0 spiro atoms. The Balaban J connectivity index is 1.97. The zero-order chi connectivity index (χ0) is 11.4. The van der Waals surface area contributed by atoms with Gasteiger partial charge in [-0.1, -0.05) is 13.8 Å². The standard InChI is InChI=1S/C12H21N3S/c1-3-7-15(10-5-6-10)12-14-9-11(16-12)8-13-4-2/h9-10,13H,3-8H2,1-2H3. The summed E-state index contributed by atoms with van der Waals surface area (Å²) < 4.78 is 0. The SMILES string of the molecule is CCCN(c1ncc(CNCC)s1)C1CC1. The Hall–Kier alpha value is -0.610. The highest BCUT2D eigenvalue weighted by Gasteiger charge is 2.30. The molecule has 1 aromatic heterocycles. The molecule has 4 heteroatoms. The zero-order valence-electron chi connectivity index (χ0n) is 10.2. The van der Waals surface area contributed by atoms with Crippen LogP contribution in [0.15, 0.2) is 6.20 Å². The fraction of sp³-hybridized carbons (Fsp3) is 0.750. The van der Waals surface area contributed by atoms with Crippen molar-refractivity contribution in [3.05, 3.63) is 11.1 Å². The van der Waals surface area contributed by atoms with Crippen LogP contribution in [0, 0.1) is 0 Å². The predicted molar refractivity (Wildman–Crippen MR) is 70.2 cm³/mol. The van der Waals surface area contributed by atoms with Gasteiger partial charge in [-0.15, -0.1) is 11.3 Å². The lowest BCUT2D eigenvalue weighted by molar-refractivity contribution is 0.734. The van der Waals surface area contributed by atoms with Crippen molar-refractivity contribution in [1.29, 1.82) is 0 Å². The van der Waals surface area contributed by atoms with E-state index in [1.54, 1.807) is 0 Å². The monoisotopic (exact) mass is 239 g/mol. The van der Waals surface area contributed by atoms with E-state index in [2.05, 4.69) is 29.0 Å². The Kier molecular flexibility index (Phi) is 4.18. The second kappa shape index (κ2) is 5.64. The number of anilines is 1. The molecule has 0 aliphatic heterocycles. The molecule has 0 bridgehead atoms. The molecule has 1 heterocycles. The van der Waals surface area contributed by atoms with E-state index in [4.69, 9.17) is 0 Å². The first kappa shape index (κ1) is 11.9. The van der Waals surface area contributed by atoms with E-state index < -0.39 is 0 Å². The van der Waals surface area contributed by atoms with Crippen molar-refractivity contribution in [3.63, 3.8) is 0 Å². The van der Waals surface area contributed by atoms with Gasteiger partial charge in [-0.2, -0.15) is 0 Å². The average Bonchev–Trinajstić information content (AvgIpc) is 3.02. The van der Waals surface area contributed by atoms with Gasteiger partial charge in [0.15, 0.2) is 5.13 Å². The Morgan fingerprint density at radius 2 is 2.31 bits per heavy atom. The quantitative estimate of drug-likeness (QED) is 0.793. The van der Waals surface area contributed by atoms with Crippen LogP contribution in [-0.2, 0) is 6.54 Å². The van der Waals surface area contributed by atoms with Gasteiger partial charge in [0.2, 0.25) is 0 Å². The molecular weight excluding hydrogens is 218 g/mol.